The Bertz CT molecular complexity index is 3130. The molecule has 2 fully saturated rings. The summed E-state index contributed by atoms with van der Waals surface area (Å²) < 4.78 is 17.9. The predicted octanol–water partition coefficient (Wildman–Crippen LogP) is 11.2. The summed E-state index contributed by atoms with van der Waals surface area (Å²) in [5.74, 6) is -8.97. The molecule has 0 radical (unpaired) electrons. The normalized spacial score (nSPS) is 18.5. The van der Waals surface area contributed by atoms with Crippen molar-refractivity contribution in [1.82, 2.24) is 24.9 Å². The second kappa shape index (κ2) is 41.3. The van der Waals surface area contributed by atoms with Gasteiger partial charge in [0.25, 0.3) is 0 Å². The van der Waals surface area contributed by atoms with Gasteiger partial charge in [0.15, 0.2) is 11.6 Å². The van der Waals surface area contributed by atoms with E-state index in [0.717, 1.165) is 5.56 Å². The van der Waals surface area contributed by atoms with Gasteiger partial charge < -0.3 is 49.8 Å². The van der Waals surface area contributed by atoms with Gasteiger partial charge in [0.1, 0.15) is 18.2 Å². The molecule has 0 saturated carbocycles. The van der Waals surface area contributed by atoms with E-state index in [1.54, 1.807) is 62.1 Å². The number of ether oxygens (including phenoxy) is 3. The molecule has 2 aromatic carbocycles. The number of aliphatic hydroxyl groups is 1. The Hall–Kier alpha value is -7.24. The molecule has 0 aliphatic carbocycles. The fourth-order valence-corrected chi connectivity index (χ4v) is 14.5. The Labute approximate surface area is 606 Å². The third-order valence-electron chi connectivity index (χ3n) is 20.9. The van der Waals surface area contributed by atoms with Gasteiger partial charge in [-0.3, -0.25) is 57.6 Å². The van der Waals surface area contributed by atoms with Crippen LogP contribution in [0.2, 0.25) is 0 Å². The number of hydrogen-bond acceptors (Lipinski definition) is 16. The first-order valence-electron chi connectivity index (χ1n) is 37.0. The number of methoxy groups -OCH3 is 2. The number of anilines is 1. The lowest BCUT2D eigenvalue weighted by atomic mass is 9.80. The van der Waals surface area contributed by atoms with Crippen molar-refractivity contribution < 1.29 is 82.0 Å². The number of nitrogens with zero attached hydrogens (tertiary/aromatic N) is 4. The Morgan fingerprint density at radius 2 is 1.35 bits per heavy atom. The number of unbranched alkanes of at least 4 members (excludes halogenated alkanes) is 2. The van der Waals surface area contributed by atoms with Crippen molar-refractivity contribution in [2.45, 2.75) is 249 Å². The number of nitrogens with one attached hydrogen (secondary N) is 2. The summed E-state index contributed by atoms with van der Waals surface area (Å²) in [7, 11) is 6.20. The minimum Gasteiger partial charge on any atom is -0.481 e. The van der Waals surface area contributed by atoms with Gasteiger partial charge in [0.2, 0.25) is 35.4 Å². The third kappa shape index (κ3) is 25.6. The summed E-state index contributed by atoms with van der Waals surface area (Å²) in [5.41, 5.74) is 1.23. The number of benzene rings is 2. The van der Waals surface area contributed by atoms with E-state index in [1.165, 1.54) is 30.9 Å². The molecule has 2 saturated heterocycles. The Balaban J connectivity index is 1.34. The third-order valence-corrected chi connectivity index (χ3v) is 20.9. The molecule has 0 bridgehead atoms. The van der Waals surface area contributed by atoms with Gasteiger partial charge in [-0.1, -0.05) is 145 Å². The molecule has 14 atom stereocenters. The fourth-order valence-electron chi connectivity index (χ4n) is 14.5. The van der Waals surface area contributed by atoms with E-state index in [9.17, 15) is 67.7 Å². The molecule has 4 rings (SSSR count). The van der Waals surface area contributed by atoms with Gasteiger partial charge in [-0.15, -0.1) is 0 Å². The van der Waals surface area contributed by atoms with Crippen LogP contribution in [0.5, 0.6) is 0 Å². The number of aliphatic carboxylic acids is 1. The Kier molecular flexibility index (Phi) is 35.3. The highest BCUT2D eigenvalue weighted by Gasteiger charge is 2.46. The molecule has 102 heavy (non-hydrogen) atoms. The number of carbonyl (C=O) groups is 12. The summed E-state index contributed by atoms with van der Waals surface area (Å²) in [5, 5.41) is 26.1. The van der Waals surface area contributed by atoms with Crippen molar-refractivity contribution >= 4 is 76.3 Å². The van der Waals surface area contributed by atoms with E-state index in [2.05, 4.69) is 10.6 Å². The molecule has 7 amide bonds. The van der Waals surface area contributed by atoms with E-state index in [1.807, 2.05) is 106 Å². The number of amides is 7. The van der Waals surface area contributed by atoms with Crippen LogP contribution in [0.4, 0.5) is 10.5 Å². The lowest BCUT2D eigenvalue weighted by molar-refractivity contribution is -0.149. The molecular formula is C79H122N6O17. The van der Waals surface area contributed by atoms with Crippen LogP contribution in [0.1, 0.15) is 217 Å². The van der Waals surface area contributed by atoms with Gasteiger partial charge in [0, 0.05) is 116 Å². The summed E-state index contributed by atoms with van der Waals surface area (Å²) in [4.78, 5) is 169. The number of likely N-dealkylation sites (N-methyl/N-ethyl adjacent to an activating group) is 2. The number of aliphatic hydroxyl groups excluding tert-OH is 1. The smallest absolute Gasteiger partial charge is 0.410 e. The zero-order valence-corrected chi connectivity index (χ0v) is 64.3. The number of carboxylic acid groups (broad SMARTS) is 1. The first kappa shape index (κ1) is 87.2. The van der Waals surface area contributed by atoms with Crippen molar-refractivity contribution in [3.05, 3.63) is 65.7 Å². The Morgan fingerprint density at radius 3 is 1.91 bits per heavy atom. The maximum atomic E-state index is 14.9. The average molecular weight is 1430 g/mol. The second-order valence-electron chi connectivity index (χ2n) is 31.1. The largest absolute Gasteiger partial charge is 0.481 e. The lowest BCUT2D eigenvalue weighted by Gasteiger charge is -2.41. The molecule has 0 aromatic heterocycles. The molecule has 23 heteroatoms. The van der Waals surface area contributed by atoms with Crippen LogP contribution < -0.4 is 10.6 Å². The predicted molar refractivity (Wildman–Crippen MR) is 389 cm³/mol. The van der Waals surface area contributed by atoms with Crippen LogP contribution in [0.25, 0.3) is 0 Å². The zero-order chi connectivity index (χ0) is 76.6. The maximum Gasteiger partial charge on any atom is 0.410 e. The number of ketones is 4. The fraction of sp³-hybridized carbons (Fsp3) is 0.696. The molecule has 2 aromatic rings. The first-order chi connectivity index (χ1) is 47.9. The van der Waals surface area contributed by atoms with Gasteiger partial charge in [-0.25, -0.2) is 4.79 Å². The van der Waals surface area contributed by atoms with Crippen molar-refractivity contribution in [3.8, 4) is 0 Å². The number of carboxylic acids is 1. The number of Topliss-reactive ketones (excluding diaryl/α,β-unsaturated/α-hetero) is 4. The first-order valence-corrected chi connectivity index (χ1v) is 37.0. The van der Waals surface area contributed by atoms with Crippen molar-refractivity contribution in [2.24, 2.45) is 64.6 Å². The molecule has 1 unspecified atom stereocenters. The number of carbonyl (C=O) groups excluding carboxylic acids is 11. The minimum absolute atomic E-state index is 0.0401. The standard InChI is InChI=1S/C79H122N6O17/c1-19-50(8)71(66(100-17)45-68(91)84-38-26-30-62(84)73(101-18)52(10)63(87)40-51(9)72(94)55-27-22-20-23-28-55)82(15)76(97)60(48(4)5)43-65(89)70(49(6)7)83(16)78(99)102-46-54-31-34-58(35-32-54)81-74(95)56(33-36-69(92)93)42-64(88)53(11)80-75(96)57(39-47(2)3)41-59(86)29-24-21-25-37-85-67(90)44-61(77(85)98)79(12,13)14/h20,22-23,27-28,31-32,34-35,47-53,56-57,60-62,66,70-73,94H,19,21,24-26,29-30,33,36-46H2,1-18H3,(H,80,96)(H,81,95)(H,92,93)/t50-,51-,52-,53-,56+,57-,60-,61?,62-,66+,70-,71-,72+,73+/m0/s1. The number of imide groups is 1. The van der Waals surface area contributed by atoms with Crippen molar-refractivity contribution in [3.63, 3.8) is 0 Å². The zero-order valence-electron chi connectivity index (χ0n) is 64.3. The van der Waals surface area contributed by atoms with E-state index < -0.39 is 115 Å². The van der Waals surface area contributed by atoms with Crippen LogP contribution in [0.3, 0.4) is 0 Å². The molecule has 0 spiro atoms. The molecular weight excluding hydrogens is 1300 g/mol. The van der Waals surface area contributed by atoms with Crippen LogP contribution in [-0.4, -0.2) is 178 Å². The van der Waals surface area contributed by atoms with E-state index in [0.29, 0.717) is 69.3 Å². The maximum absolute atomic E-state index is 14.9. The van der Waals surface area contributed by atoms with Crippen LogP contribution >= 0.6 is 0 Å². The average Bonchev–Trinajstić information content (AvgIpc) is 1.70. The van der Waals surface area contributed by atoms with Crippen LogP contribution in [-0.2, 0) is 73.6 Å². The van der Waals surface area contributed by atoms with Gasteiger partial charge in [-0.05, 0) is 104 Å². The molecule has 570 valence electrons. The van der Waals surface area contributed by atoms with E-state index >= 15 is 0 Å². The summed E-state index contributed by atoms with van der Waals surface area (Å²) >= 11 is 0. The van der Waals surface area contributed by atoms with E-state index in [4.69, 9.17) is 14.2 Å². The van der Waals surface area contributed by atoms with Crippen LogP contribution in [0.15, 0.2) is 54.6 Å². The van der Waals surface area contributed by atoms with Crippen molar-refractivity contribution in [2.75, 3.05) is 46.7 Å². The summed E-state index contributed by atoms with van der Waals surface area (Å²) in [6.45, 7) is 26.6. The Morgan fingerprint density at radius 1 is 0.706 bits per heavy atom. The minimum atomic E-state index is -1.17. The summed E-state index contributed by atoms with van der Waals surface area (Å²) in [6, 6.07) is 12.5. The highest BCUT2D eigenvalue weighted by molar-refractivity contribution is 6.04. The summed E-state index contributed by atoms with van der Waals surface area (Å²) in [6.07, 6.45) is 0.260. The SMILES string of the molecule is CC[C@H](C)[C@@H]([C@@H](CC(=O)N1CCC[C@H]1[C@H](OC)[C@@H](C)C(=O)C[C@H](C)[C@@H](O)c1ccccc1)OC)N(C)C(=O)[C@@H](CC(=O)[C@H](C(C)C)N(C)C(=O)OCc1ccc(NC(=O)[C@H](CCC(=O)O)CC(=O)[C@H](C)NC(=O)[C@H](CC(=O)CCCCCN2C(=O)CC(C(C)(C)C)C2=O)CC(C)C)cc1)C(C)C. The number of hydrogen-bond donors (Lipinski definition) is 4. The van der Waals surface area contributed by atoms with Gasteiger partial charge in [-0.2, -0.15) is 0 Å². The molecule has 2 aliphatic rings. The van der Waals surface area contributed by atoms with Gasteiger partial charge >= 0.3 is 12.1 Å². The number of likely N-dealkylation sites (tertiary alicyclic amines) is 2. The van der Waals surface area contributed by atoms with Crippen LogP contribution in [0, 0.1) is 64.6 Å². The van der Waals surface area contributed by atoms with Gasteiger partial charge in [0.05, 0.1) is 54.8 Å². The quantitative estimate of drug-likeness (QED) is 0.0354. The molecule has 2 aliphatic heterocycles. The molecule has 4 N–H and O–H groups in total. The highest BCUT2D eigenvalue weighted by Crippen LogP contribution is 2.37. The second-order valence-corrected chi connectivity index (χ2v) is 31.1. The topological polar surface area (TPSA) is 310 Å². The molecule has 2 heterocycles. The van der Waals surface area contributed by atoms with Crippen molar-refractivity contribution in [1.29, 1.82) is 0 Å². The molecule has 23 nitrogen and oxygen atoms in total. The number of rotatable bonds is 44. The van der Waals surface area contributed by atoms with E-state index in [-0.39, 0.29) is 128 Å². The monoisotopic (exact) mass is 1430 g/mol. The highest BCUT2D eigenvalue weighted by atomic mass is 16.6. The lowest BCUT2D eigenvalue weighted by Crippen LogP contribution is -2.54.